The van der Waals surface area contributed by atoms with Crippen molar-refractivity contribution in [1.29, 1.82) is 0 Å². The smallest absolute Gasteiger partial charge is 0.276 e. The molecule has 6 nitrogen and oxygen atoms in total. The predicted octanol–water partition coefficient (Wildman–Crippen LogP) is 2.01. The van der Waals surface area contributed by atoms with E-state index in [2.05, 4.69) is 11.4 Å². The Morgan fingerprint density at radius 2 is 1.92 bits per heavy atom. The van der Waals surface area contributed by atoms with Gasteiger partial charge in [-0.3, -0.25) is 4.79 Å². The van der Waals surface area contributed by atoms with E-state index >= 15 is 0 Å². The summed E-state index contributed by atoms with van der Waals surface area (Å²) < 4.78 is 24.0. The Balaban J connectivity index is 1.62. The number of rotatable bonds is 5. The van der Waals surface area contributed by atoms with Crippen molar-refractivity contribution in [1.82, 2.24) is 9.62 Å². The van der Waals surface area contributed by atoms with E-state index in [1.54, 1.807) is 11.3 Å². The van der Waals surface area contributed by atoms with Gasteiger partial charge in [0.05, 0.1) is 6.04 Å². The van der Waals surface area contributed by atoms with Crippen molar-refractivity contribution in [3.63, 3.8) is 0 Å². The number of nitrogens with two attached hydrogens (primary N) is 1. The molecule has 0 spiro atoms. The zero-order valence-corrected chi connectivity index (χ0v) is 15.3. The molecule has 8 heteroatoms. The molecule has 3 N–H and O–H groups in total. The van der Waals surface area contributed by atoms with Crippen LogP contribution in [0.4, 0.5) is 0 Å². The van der Waals surface area contributed by atoms with Crippen LogP contribution in [-0.4, -0.2) is 31.7 Å². The summed E-state index contributed by atoms with van der Waals surface area (Å²) in [5.41, 5.74) is 0. The summed E-state index contributed by atoms with van der Waals surface area (Å²) in [7, 11) is -3.64. The molecule has 0 radical (unpaired) electrons. The predicted molar refractivity (Wildman–Crippen MR) is 94.6 cm³/mol. The van der Waals surface area contributed by atoms with Crippen LogP contribution >= 0.6 is 11.3 Å². The average molecular weight is 372 g/mol. The number of hydrogen-bond donors (Lipinski definition) is 2. The molecule has 1 aromatic rings. The van der Waals surface area contributed by atoms with Crippen LogP contribution < -0.4 is 10.5 Å². The van der Waals surface area contributed by atoms with Crippen molar-refractivity contribution in [2.75, 3.05) is 13.1 Å². The van der Waals surface area contributed by atoms with Crippen LogP contribution in [-0.2, 0) is 15.0 Å². The third kappa shape index (κ3) is 4.17. The van der Waals surface area contributed by atoms with Gasteiger partial charge in [-0.15, -0.1) is 11.3 Å². The lowest BCUT2D eigenvalue weighted by Gasteiger charge is -2.31. The maximum absolute atomic E-state index is 12.7. The lowest BCUT2D eigenvalue weighted by Crippen LogP contribution is -2.46. The molecule has 1 aliphatic carbocycles. The topological polar surface area (TPSA) is 92.5 Å². The molecular weight excluding hydrogens is 346 g/mol. The van der Waals surface area contributed by atoms with Gasteiger partial charge < -0.3 is 5.32 Å². The molecule has 1 amide bonds. The monoisotopic (exact) mass is 371 g/mol. The molecular formula is C16H25N3O3S2. The Bertz CT molecular complexity index is 646. The second-order valence-electron chi connectivity index (χ2n) is 6.76. The highest BCUT2D eigenvalue weighted by atomic mass is 32.2. The second-order valence-corrected chi connectivity index (χ2v) is 9.29. The van der Waals surface area contributed by atoms with Crippen LogP contribution in [0.1, 0.15) is 49.4 Å². The van der Waals surface area contributed by atoms with Gasteiger partial charge in [0.1, 0.15) is 0 Å². The van der Waals surface area contributed by atoms with Gasteiger partial charge in [-0.2, -0.15) is 12.7 Å². The number of thiophene rings is 1. The minimum atomic E-state index is -3.64. The van der Waals surface area contributed by atoms with Gasteiger partial charge in [-0.05, 0) is 43.0 Å². The zero-order valence-electron chi connectivity index (χ0n) is 13.7. The van der Waals surface area contributed by atoms with Gasteiger partial charge in [0.2, 0.25) is 5.91 Å². The quantitative estimate of drug-likeness (QED) is 0.829. The Morgan fingerprint density at radius 3 is 2.46 bits per heavy atom. The summed E-state index contributed by atoms with van der Waals surface area (Å²) in [6.07, 6.45) is 5.85. The fourth-order valence-electron chi connectivity index (χ4n) is 3.82. The van der Waals surface area contributed by atoms with Crippen molar-refractivity contribution in [3.05, 3.63) is 22.4 Å². The number of piperidine rings is 1. The van der Waals surface area contributed by atoms with Gasteiger partial charge in [0.25, 0.3) is 10.2 Å². The fraction of sp³-hybridized carbons (Fsp3) is 0.688. The van der Waals surface area contributed by atoms with Crippen LogP contribution in [0.2, 0.25) is 0 Å². The van der Waals surface area contributed by atoms with E-state index in [1.807, 2.05) is 11.4 Å². The molecule has 0 unspecified atom stereocenters. The number of nitrogens with one attached hydrogen (secondary N) is 1. The molecule has 2 aliphatic rings. The summed E-state index contributed by atoms with van der Waals surface area (Å²) >= 11 is 1.69. The number of carbonyl (C=O) groups excluding carboxylic acids is 1. The molecule has 1 aromatic heterocycles. The number of amides is 1. The summed E-state index contributed by atoms with van der Waals surface area (Å²) in [6, 6.07) is 4.22. The van der Waals surface area contributed by atoms with E-state index in [1.165, 1.54) is 22.0 Å². The average Bonchev–Trinajstić information content (AvgIpc) is 3.25. The molecule has 1 saturated carbocycles. The van der Waals surface area contributed by atoms with Crippen molar-refractivity contribution < 1.29 is 13.2 Å². The molecule has 2 fully saturated rings. The minimum Gasteiger partial charge on any atom is -0.348 e. The van der Waals surface area contributed by atoms with Crippen LogP contribution in [0.3, 0.4) is 0 Å². The van der Waals surface area contributed by atoms with E-state index < -0.39 is 10.2 Å². The van der Waals surface area contributed by atoms with E-state index in [4.69, 9.17) is 5.14 Å². The Labute approximate surface area is 147 Å². The molecule has 0 bridgehead atoms. The Hall–Kier alpha value is -0.960. The van der Waals surface area contributed by atoms with Gasteiger partial charge in [-0.25, -0.2) is 5.14 Å². The van der Waals surface area contributed by atoms with Gasteiger partial charge in [0, 0.05) is 23.9 Å². The van der Waals surface area contributed by atoms with Crippen LogP contribution in [0.15, 0.2) is 17.5 Å². The third-order valence-electron chi connectivity index (χ3n) is 5.20. The first-order valence-corrected chi connectivity index (χ1v) is 10.9. The third-order valence-corrected chi connectivity index (χ3v) is 7.24. The van der Waals surface area contributed by atoms with Crippen LogP contribution in [0, 0.1) is 11.8 Å². The highest BCUT2D eigenvalue weighted by Gasteiger charge is 2.33. The van der Waals surface area contributed by atoms with E-state index in [-0.39, 0.29) is 17.9 Å². The molecule has 134 valence electrons. The zero-order chi connectivity index (χ0) is 17.2. The van der Waals surface area contributed by atoms with Crippen LogP contribution in [0.5, 0.6) is 0 Å². The molecule has 1 atom stereocenters. The van der Waals surface area contributed by atoms with Gasteiger partial charge in [0.15, 0.2) is 0 Å². The summed E-state index contributed by atoms with van der Waals surface area (Å²) in [4.78, 5) is 13.9. The first-order valence-electron chi connectivity index (χ1n) is 8.57. The number of nitrogens with zero attached hydrogens (tertiary/aromatic N) is 1. The maximum Gasteiger partial charge on any atom is 0.276 e. The molecule has 2 heterocycles. The lowest BCUT2D eigenvalue weighted by atomic mass is 9.93. The molecule has 1 saturated heterocycles. The fourth-order valence-corrected chi connectivity index (χ4v) is 5.41. The molecule has 0 aromatic carbocycles. The summed E-state index contributed by atoms with van der Waals surface area (Å²) in [5, 5.41) is 10.5. The standard InChI is InChI=1S/C16H25N3O3S2/c17-24(21,22)19-9-7-13(8-10-19)16(20)18-15(12-4-1-2-5-12)14-6-3-11-23-14/h3,6,11-13,15H,1-2,4-5,7-10H2,(H,18,20)(H2,17,21,22)/t15-/m0/s1. The van der Waals surface area contributed by atoms with Crippen molar-refractivity contribution in [2.24, 2.45) is 17.0 Å². The molecule has 24 heavy (non-hydrogen) atoms. The van der Waals surface area contributed by atoms with Crippen molar-refractivity contribution >= 4 is 27.5 Å². The summed E-state index contributed by atoms with van der Waals surface area (Å²) in [6.45, 7) is 0.647. The molecule has 1 aliphatic heterocycles. The van der Waals surface area contributed by atoms with Crippen molar-refractivity contribution in [2.45, 2.75) is 44.6 Å². The summed E-state index contributed by atoms with van der Waals surface area (Å²) in [5.74, 6) is 0.429. The first-order chi connectivity index (χ1) is 11.4. The SMILES string of the molecule is NS(=O)(=O)N1CCC(C(=O)N[C@H](c2cccs2)C2CCCC2)CC1. The first kappa shape index (κ1) is 17.8. The number of hydrogen-bond acceptors (Lipinski definition) is 4. The Kier molecular flexibility index (Phi) is 5.59. The Morgan fingerprint density at radius 1 is 1.25 bits per heavy atom. The van der Waals surface area contributed by atoms with Gasteiger partial charge in [-0.1, -0.05) is 18.9 Å². The van der Waals surface area contributed by atoms with E-state index in [0.717, 1.165) is 12.8 Å². The van der Waals surface area contributed by atoms with E-state index in [0.29, 0.717) is 31.8 Å². The highest BCUT2D eigenvalue weighted by molar-refractivity contribution is 7.86. The van der Waals surface area contributed by atoms with Gasteiger partial charge >= 0.3 is 0 Å². The minimum absolute atomic E-state index is 0.0503. The number of carbonyl (C=O) groups is 1. The highest BCUT2D eigenvalue weighted by Crippen LogP contribution is 2.37. The lowest BCUT2D eigenvalue weighted by molar-refractivity contribution is -0.127. The van der Waals surface area contributed by atoms with Crippen LogP contribution in [0.25, 0.3) is 0 Å². The normalized spacial score (nSPS) is 22.5. The maximum atomic E-state index is 12.7. The van der Waals surface area contributed by atoms with Crippen molar-refractivity contribution in [3.8, 4) is 0 Å². The molecule has 3 rings (SSSR count). The van der Waals surface area contributed by atoms with E-state index in [9.17, 15) is 13.2 Å². The largest absolute Gasteiger partial charge is 0.348 e. The second kappa shape index (κ2) is 7.51.